The second kappa shape index (κ2) is 5.76. The molecule has 0 radical (unpaired) electrons. The van der Waals surface area contributed by atoms with E-state index in [9.17, 15) is 4.79 Å². The highest BCUT2D eigenvalue weighted by molar-refractivity contribution is 7.18. The maximum Gasteiger partial charge on any atom is 0.261 e. The minimum absolute atomic E-state index is 0.0874. The molecule has 1 fully saturated rings. The third-order valence-electron chi connectivity index (χ3n) is 4.02. The first kappa shape index (κ1) is 13.9. The second-order valence-electron chi connectivity index (χ2n) is 6.42. The van der Waals surface area contributed by atoms with Gasteiger partial charge in [-0.2, -0.15) is 0 Å². The van der Waals surface area contributed by atoms with Gasteiger partial charge in [0.1, 0.15) is 0 Å². The molecule has 0 aromatic carbocycles. The van der Waals surface area contributed by atoms with Crippen LogP contribution < -0.4 is 10.2 Å². The number of aryl methyl sites for hydroxylation is 1. The normalized spacial score (nSPS) is 18.9. The van der Waals surface area contributed by atoms with Crippen LogP contribution in [0.25, 0.3) is 0 Å². The van der Waals surface area contributed by atoms with Gasteiger partial charge < -0.3 is 10.2 Å². The summed E-state index contributed by atoms with van der Waals surface area (Å²) in [6.07, 6.45) is 6.43. The lowest BCUT2D eigenvalue weighted by atomic mass is 10.1. The Labute approximate surface area is 125 Å². The summed E-state index contributed by atoms with van der Waals surface area (Å²) in [5, 5.41) is 4.37. The van der Waals surface area contributed by atoms with Gasteiger partial charge in [0.15, 0.2) is 0 Å². The Morgan fingerprint density at radius 1 is 1.45 bits per heavy atom. The van der Waals surface area contributed by atoms with Crippen LogP contribution >= 0.6 is 11.3 Å². The summed E-state index contributed by atoms with van der Waals surface area (Å²) in [6.45, 7) is 6.37. The van der Waals surface area contributed by atoms with Crippen LogP contribution in [0.2, 0.25) is 0 Å². The highest BCUT2D eigenvalue weighted by atomic mass is 32.1. The molecule has 1 N–H and O–H groups in total. The average Bonchev–Trinajstić information content (AvgIpc) is 3.13. The van der Waals surface area contributed by atoms with E-state index >= 15 is 0 Å². The van der Waals surface area contributed by atoms with Crippen molar-refractivity contribution in [2.75, 3.05) is 18.0 Å². The fourth-order valence-electron chi connectivity index (χ4n) is 2.82. The van der Waals surface area contributed by atoms with E-state index in [0.717, 1.165) is 23.8 Å². The Morgan fingerprint density at radius 3 is 2.95 bits per heavy atom. The van der Waals surface area contributed by atoms with Crippen LogP contribution in [0.5, 0.6) is 0 Å². The minimum atomic E-state index is 0.0874. The van der Waals surface area contributed by atoms with E-state index in [0.29, 0.717) is 0 Å². The van der Waals surface area contributed by atoms with E-state index in [1.165, 1.54) is 42.8 Å². The molecule has 0 unspecified atom stereocenters. The highest BCUT2D eigenvalue weighted by Gasteiger charge is 2.28. The fraction of sp³-hybridized carbons (Fsp3) is 0.688. The highest BCUT2D eigenvalue weighted by Crippen LogP contribution is 2.38. The molecule has 3 rings (SSSR count). The number of amides is 1. The van der Waals surface area contributed by atoms with E-state index in [1.807, 2.05) is 13.8 Å². The van der Waals surface area contributed by atoms with Crippen molar-refractivity contribution < 1.29 is 4.79 Å². The zero-order valence-electron chi connectivity index (χ0n) is 12.4. The maximum atomic E-state index is 12.2. The number of hydrogen-bond donors (Lipinski definition) is 1. The third-order valence-corrected chi connectivity index (χ3v) is 5.25. The van der Waals surface area contributed by atoms with Crippen molar-refractivity contribution in [3.63, 3.8) is 0 Å². The molecule has 2 aliphatic rings. The van der Waals surface area contributed by atoms with Gasteiger partial charge in [-0.05, 0) is 63.5 Å². The quantitative estimate of drug-likeness (QED) is 0.922. The van der Waals surface area contributed by atoms with Gasteiger partial charge in [0.05, 0.1) is 9.88 Å². The lowest BCUT2D eigenvalue weighted by molar-refractivity contribution is 0.0947. The predicted molar refractivity (Wildman–Crippen MR) is 84.8 cm³/mol. The maximum absolute atomic E-state index is 12.2. The third kappa shape index (κ3) is 3.17. The molecule has 3 nitrogen and oxygen atoms in total. The summed E-state index contributed by atoms with van der Waals surface area (Å²) < 4.78 is 0. The number of anilines is 1. The van der Waals surface area contributed by atoms with Gasteiger partial charge in [-0.15, -0.1) is 11.3 Å². The predicted octanol–water partition coefficient (Wildman–Crippen LogP) is 3.44. The number of carbonyl (C=O) groups is 1. The molecule has 0 atom stereocenters. The first-order valence-electron chi connectivity index (χ1n) is 7.82. The van der Waals surface area contributed by atoms with Crippen LogP contribution in [-0.4, -0.2) is 25.0 Å². The zero-order chi connectivity index (χ0) is 14.1. The molecular weight excluding hydrogens is 268 g/mol. The largest absolute Gasteiger partial charge is 0.363 e. The monoisotopic (exact) mass is 292 g/mol. The van der Waals surface area contributed by atoms with Crippen molar-refractivity contribution in [1.29, 1.82) is 0 Å². The Hall–Kier alpha value is -1.03. The number of hydrogen-bond acceptors (Lipinski definition) is 3. The summed E-state index contributed by atoms with van der Waals surface area (Å²) in [7, 11) is 0. The molecule has 1 aliphatic heterocycles. The first-order chi connectivity index (χ1) is 9.63. The summed E-state index contributed by atoms with van der Waals surface area (Å²) in [6, 6.07) is 2.33. The number of rotatable bonds is 4. The van der Waals surface area contributed by atoms with Crippen molar-refractivity contribution in [1.82, 2.24) is 5.32 Å². The van der Waals surface area contributed by atoms with Crippen molar-refractivity contribution in [3.8, 4) is 0 Å². The Kier molecular flexibility index (Phi) is 4.01. The Bertz CT molecular complexity index is 491. The molecule has 1 aromatic heterocycles. The molecule has 1 amide bonds. The van der Waals surface area contributed by atoms with Crippen molar-refractivity contribution in [2.45, 2.75) is 52.0 Å². The van der Waals surface area contributed by atoms with Crippen LogP contribution in [0.1, 0.15) is 54.8 Å². The number of nitrogens with zero attached hydrogens (tertiary/aromatic N) is 1. The molecule has 1 saturated carbocycles. The fourth-order valence-corrected chi connectivity index (χ4v) is 3.97. The lowest BCUT2D eigenvalue weighted by Crippen LogP contribution is -2.29. The van der Waals surface area contributed by atoms with E-state index in [-0.39, 0.29) is 11.9 Å². The molecule has 0 spiro atoms. The average molecular weight is 292 g/mol. The van der Waals surface area contributed by atoms with Gasteiger partial charge in [-0.25, -0.2) is 0 Å². The molecule has 0 bridgehead atoms. The lowest BCUT2D eigenvalue weighted by Gasteiger charge is -2.22. The van der Waals surface area contributed by atoms with E-state index < -0.39 is 0 Å². The van der Waals surface area contributed by atoms with Crippen molar-refractivity contribution in [2.24, 2.45) is 5.92 Å². The number of thiophene rings is 1. The Morgan fingerprint density at radius 2 is 2.25 bits per heavy atom. The molecule has 0 saturated heterocycles. The van der Waals surface area contributed by atoms with Gasteiger partial charge >= 0.3 is 0 Å². The Balaban J connectivity index is 1.80. The molecule has 20 heavy (non-hydrogen) atoms. The van der Waals surface area contributed by atoms with Crippen LogP contribution in [0.3, 0.4) is 0 Å². The van der Waals surface area contributed by atoms with Crippen molar-refractivity contribution in [3.05, 3.63) is 16.5 Å². The van der Waals surface area contributed by atoms with Crippen LogP contribution in [-0.2, 0) is 6.42 Å². The standard InChI is InChI=1S/C16H24N2OS/c1-11(2)17-15(19)14-9-13-5-3-4-8-18(16(13)20-14)10-12-6-7-12/h9,11-12H,3-8,10H2,1-2H3,(H,17,19). The van der Waals surface area contributed by atoms with Crippen LogP contribution in [0.4, 0.5) is 5.00 Å². The second-order valence-corrected chi connectivity index (χ2v) is 7.45. The molecule has 1 aliphatic carbocycles. The molecule has 2 heterocycles. The summed E-state index contributed by atoms with van der Waals surface area (Å²) in [5.41, 5.74) is 1.39. The topological polar surface area (TPSA) is 32.3 Å². The van der Waals surface area contributed by atoms with Gasteiger partial charge in [-0.1, -0.05) is 0 Å². The number of nitrogens with one attached hydrogen (secondary N) is 1. The summed E-state index contributed by atoms with van der Waals surface area (Å²) in [5.74, 6) is 0.987. The van der Waals surface area contributed by atoms with Crippen LogP contribution in [0, 0.1) is 5.92 Å². The van der Waals surface area contributed by atoms with E-state index in [1.54, 1.807) is 11.3 Å². The van der Waals surface area contributed by atoms with Crippen molar-refractivity contribution >= 4 is 22.2 Å². The molecule has 4 heteroatoms. The minimum Gasteiger partial charge on any atom is -0.363 e. The molecular formula is C16H24N2OS. The number of fused-ring (bicyclic) bond motifs is 1. The summed E-state index contributed by atoms with van der Waals surface area (Å²) in [4.78, 5) is 15.6. The SMILES string of the molecule is CC(C)NC(=O)c1cc2c(s1)N(CC1CC1)CCCC2. The van der Waals surface area contributed by atoms with Gasteiger partial charge in [-0.3, -0.25) is 4.79 Å². The van der Waals surface area contributed by atoms with Gasteiger partial charge in [0.2, 0.25) is 0 Å². The van der Waals surface area contributed by atoms with E-state index in [2.05, 4.69) is 16.3 Å². The van der Waals surface area contributed by atoms with Gasteiger partial charge in [0, 0.05) is 19.1 Å². The van der Waals surface area contributed by atoms with Gasteiger partial charge in [0.25, 0.3) is 5.91 Å². The van der Waals surface area contributed by atoms with Crippen LogP contribution in [0.15, 0.2) is 6.07 Å². The zero-order valence-corrected chi connectivity index (χ0v) is 13.3. The molecule has 1 aromatic rings. The number of carbonyl (C=O) groups excluding carboxylic acids is 1. The van der Waals surface area contributed by atoms with E-state index in [4.69, 9.17) is 0 Å². The molecule has 110 valence electrons. The smallest absolute Gasteiger partial charge is 0.261 e. The first-order valence-corrected chi connectivity index (χ1v) is 8.63. The summed E-state index contributed by atoms with van der Waals surface area (Å²) >= 11 is 1.69.